The number of furan rings is 2. The topological polar surface area (TPSA) is 108 Å². The lowest BCUT2D eigenvalue weighted by Crippen LogP contribution is -2.41. The van der Waals surface area contributed by atoms with Crippen molar-refractivity contribution >= 4 is 40.4 Å². The summed E-state index contributed by atoms with van der Waals surface area (Å²) < 4.78 is 13.1. The average molecular weight is 521 g/mol. The Labute approximate surface area is 220 Å². The van der Waals surface area contributed by atoms with E-state index in [0.29, 0.717) is 31.8 Å². The highest BCUT2D eigenvalue weighted by molar-refractivity contribution is 7.07. The van der Waals surface area contributed by atoms with Crippen molar-refractivity contribution in [3.8, 4) is 0 Å². The van der Waals surface area contributed by atoms with E-state index in [0.717, 1.165) is 11.3 Å². The molecular weight excluding hydrogens is 500 g/mol. The lowest BCUT2D eigenvalue weighted by Gasteiger charge is -2.26. The van der Waals surface area contributed by atoms with E-state index in [2.05, 4.69) is 0 Å². The quantitative estimate of drug-likeness (QED) is 0.342. The Morgan fingerprint density at radius 1 is 0.789 bits per heavy atom. The molecule has 1 atom stereocenters. The summed E-state index contributed by atoms with van der Waals surface area (Å²) in [6.45, 7) is 0. The predicted molar refractivity (Wildman–Crippen MR) is 144 cm³/mol. The maximum atomic E-state index is 14.1. The number of allylic oxidation sites excluding steroid dienone is 1. The number of hydrogen-bond acceptors (Lipinski definition) is 7. The van der Waals surface area contributed by atoms with Crippen molar-refractivity contribution < 1.29 is 18.4 Å². The molecule has 1 unspecified atom stereocenters. The van der Waals surface area contributed by atoms with Gasteiger partial charge in [0, 0.05) is 17.2 Å². The van der Waals surface area contributed by atoms with Crippen LogP contribution in [0.5, 0.6) is 0 Å². The average Bonchev–Trinajstić information content (AvgIpc) is 3.72. The molecular formula is C30H20N2O5S. The fraction of sp³-hybridized carbons (Fsp3) is 0.0333. The van der Waals surface area contributed by atoms with Crippen molar-refractivity contribution in [2.45, 2.75) is 5.92 Å². The van der Waals surface area contributed by atoms with Crippen molar-refractivity contribution in [1.29, 1.82) is 0 Å². The zero-order valence-electron chi connectivity index (χ0n) is 19.9. The largest absolute Gasteiger partial charge is 0.468 e. The SMILES string of the molecule is NC1=C(C(=O)c2ccccc2)C(c2ccco2)C(C(=O)c2ccccc2)=c2s/c(=C\c3ccco3)c(=O)n21. The Morgan fingerprint density at radius 2 is 1.39 bits per heavy atom. The molecule has 0 bridgehead atoms. The summed E-state index contributed by atoms with van der Waals surface area (Å²) in [5, 5.41) is 0. The van der Waals surface area contributed by atoms with Crippen LogP contribution in [0.15, 0.2) is 117 Å². The van der Waals surface area contributed by atoms with Gasteiger partial charge in [0.15, 0.2) is 11.6 Å². The maximum Gasteiger partial charge on any atom is 0.274 e. The van der Waals surface area contributed by atoms with Crippen LogP contribution in [0, 0.1) is 0 Å². The second-order valence-corrected chi connectivity index (χ2v) is 9.65. The van der Waals surface area contributed by atoms with E-state index in [1.165, 1.54) is 17.1 Å². The summed E-state index contributed by atoms with van der Waals surface area (Å²) in [7, 11) is 0. The number of benzene rings is 2. The molecule has 0 saturated carbocycles. The van der Waals surface area contributed by atoms with Gasteiger partial charge in [0.25, 0.3) is 5.56 Å². The van der Waals surface area contributed by atoms with E-state index in [1.807, 2.05) is 6.07 Å². The molecule has 0 fully saturated rings. The summed E-state index contributed by atoms with van der Waals surface area (Å²) >= 11 is 1.12. The van der Waals surface area contributed by atoms with Gasteiger partial charge in [-0.2, -0.15) is 0 Å². The first-order valence-electron chi connectivity index (χ1n) is 11.8. The molecule has 0 radical (unpaired) electrons. The minimum absolute atomic E-state index is 0.0415. The Kier molecular flexibility index (Phi) is 5.86. The van der Waals surface area contributed by atoms with E-state index in [9.17, 15) is 14.4 Å². The lowest BCUT2D eigenvalue weighted by molar-refractivity contribution is 0.102. The third-order valence-electron chi connectivity index (χ3n) is 6.35. The van der Waals surface area contributed by atoms with Crippen molar-refractivity contribution in [1.82, 2.24) is 4.57 Å². The zero-order valence-corrected chi connectivity index (χ0v) is 20.7. The van der Waals surface area contributed by atoms with Gasteiger partial charge in [-0.1, -0.05) is 60.7 Å². The number of ketones is 2. The molecule has 4 heterocycles. The van der Waals surface area contributed by atoms with Crippen LogP contribution in [0.4, 0.5) is 0 Å². The molecule has 0 amide bonds. The smallest absolute Gasteiger partial charge is 0.274 e. The molecule has 8 heteroatoms. The summed E-state index contributed by atoms with van der Waals surface area (Å²) in [5.41, 5.74) is 7.31. The Bertz CT molecular complexity index is 1860. The van der Waals surface area contributed by atoms with E-state index in [-0.39, 0.29) is 22.8 Å². The van der Waals surface area contributed by atoms with E-state index in [1.54, 1.807) is 84.9 Å². The van der Waals surface area contributed by atoms with E-state index < -0.39 is 17.3 Å². The first-order chi connectivity index (χ1) is 18.5. The number of rotatable bonds is 6. The first kappa shape index (κ1) is 23.4. The van der Waals surface area contributed by atoms with Crippen LogP contribution in [0.25, 0.3) is 17.5 Å². The number of carbonyl (C=O) groups excluding carboxylic acids is 2. The van der Waals surface area contributed by atoms with Gasteiger partial charge in [0.05, 0.1) is 34.1 Å². The number of nitrogens with two attached hydrogens (primary N) is 1. The van der Waals surface area contributed by atoms with Crippen LogP contribution in [-0.4, -0.2) is 16.1 Å². The molecule has 5 aromatic rings. The minimum Gasteiger partial charge on any atom is -0.468 e. The molecule has 186 valence electrons. The molecule has 1 aliphatic heterocycles. The van der Waals surface area contributed by atoms with Gasteiger partial charge in [-0.25, -0.2) is 0 Å². The van der Waals surface area contributed by atoms with E-state index in [4.69, 9.17) is 14.6 Å². The highest BCUT2D eigenvalue weighted by atomic mass is 32.1. The number of thiazole rings is 1. The lowest BCUT2D eigenvalue weighted by atomic mass is 9.80. The fourth-order valence-corrected chi connectivity index (χ4v) is 5.78. The third-order valence-corrected chi connectivity index (χ3v) is 7.46. The summed E-state index contributed by atoms with van der Waals surface area (Å²) in [6, 6.07) is 24.2. The number of fused-ring (bicyclic) bond motifs is 1. The van der Waals surface area contributed by atoms with Gasteiger partial charge < -0.3 is 14.6 Å². The summed E-state index contributed by atoms with van der Waals surface area (Å²) in [5.74, 6) is -0.862. The molecule has 2 N–H and O–H groups in total. The number of carbonyl (C=O) groups is 2. The number of nitrogens with zero attached hydrogens (tertiary/aromatic N) is 1. The Hall–Kier alpha value is -4.95. The minimum atomic E-state index is -0.931. The Morgan fingerprint density at radius 3 is 1.97 bits per heavy atom. The zero-order chi connectivity index (χ0) is 26.2. The third kappa shape index (κ3) is 3.88. The van der Waals surface area contributed by atoms with Crippen LogP contribution in [0.3, 0.4) is 0 Å². The van der Waals surface area contributed by atoms with E-state index >= 15 is 0 Å². The monoisotopic (exact) mass is 520 g/mol. The van der Waals surface area contributed by atoms with Crippen molar-refractivity contribution in [3.63, 3.8) is 0 Å². The van der Waals surface area contributed by atoms with Crippen LogP contribution >= 0.6 is 11.3 Å². The van der Waals surface area contributed by atoms with Crippen molar-refractivity contribution in [3.05, 3.63) is 145 Å². The van der Waals surface area contributed by atoms with Gasteiger partial charge in [-0.15, -0.1) is 11.3 Å². The van der Waals surface area contributed by atoms with Crippen molar-refractivity contribution in [2.24, 2.45) is 5.73 Å². The second-order valence-electron chi connectivity index (χ2n) is 8.62. The van der Waals surface area contributed by atoms with Gasteiger partial charge in [0.2, 0.25) is 0 Å². The predicted octanol–water partition coefficient (Wildman–Crippen LogP) is 3.77. The van der Waals surface area contributed by atoms with Gasteiger partial charge in [0.1, 0.15) is 22.0 Å². The second kappa shape index (κ2) is 9.49. The molecule has 38 heavy (non-hydrogen) atoms. The maximum absolute atomic E-state index is 14.1. The summed E-state index contributed by atoms with van der Waals surface area (Å²) in [4.78, 5) is 41.8. The van der Waals surface area contributed by atoms with Crippen LogP contribution in [-0.2, 0) is 0 Å². The molecule has 1 aliphatic rings. The summed E-state index contributed by atoms with van der Waals surface area (Å²) in [6.07, 6.45) is 4.58. The molecule has 6 rings (SSSR count). The first-order valence-corrected chi connectivity index (χ1v) is 12.6. The normalized spacial score (nSPS) is 15.5. The highest BCUT2D eigenvalue weighted by Crippen LogP contribution is 2.39. The highest BCUT2D eigenvalue weighted by Gasteiger charge is 2.40. The molecule has 2 aromatic carbocycles. The van der Waals surface area contributed by atoms with Gasteiger partial charge in [-0.3, -0.25) is 19.0 Å². The molecule has 0 aliphatic carbocycles. The fourth-order valence-electron chi connectivity index (χ4n) is 4.63. The van der Waals surface area contributed by atoms with Crippen molar-refractivity contribution in [2.75, 3.05) is 0 Å². The van der Waals surface area contributed by atoms with Gasteiger partial charge >= 0.3 is 0 Å². The Balaban J connectivity index is 1.72. The number of aromatic nitrogens is 1. The molecule has 7 nitrogen and oxygen atoms in total. The number of hydrogen-bond donors (Lipinski definition) is 1. The standard InChI is InChI=1S/C30H20N2O5S/c31-28-24(26(33)18-9-3-1-4-10-18)23(21-14-8-16-37-21)25(27(34)19-11-5-2-6-12-19)30-32(28)29(35)22(38-30)17-20-13-7-15-36-20/h1-17,23H,31H2/b22-17-. The van der Waals surface area contributed by atoms with Gasteiger partial charge in [-0.05, 0) is 24.3 Å². The molecule has 3 aromatic heterocycles. The number of Topliss-reactive ketones (excluding diaryl/α,β-unsaturated/α-hetero) is 2. The van der Waals surface area contributed by atoms with Crippen LogP contribution < -0.4 is 20.5 Å². The molecule has 0 saturated heterocycles. The van der Waals surface area contributed by atoms with Crippen LogP contribution in [0.1, 0.15) is 38.2 Å². The van der Waals surface area contributed by atoms with Crippen LogP contribution in [0.2, 0.25) is 0 Å². The molecule has 0 spiro atoms.